The van der Waals surface area contributed by atoms with Gasteiger partial charge in [-0.3, -0.25) is 14.4 Å². The van der Waals surface area contributed by atoms with E-state index < -0.39 is 18.4 Å². The average Bonchev–Trinajstić information content (AvgIpc) is 2.50. The third-order valence-electron chi connectivity index (χ3n) is 3.58. The van der Waals surface area contributed by atoms with Crippen molar-refractivity contribution < 1.29 is 19.5 Å². The summed E-state index contributed by atoms with van der Waals surface area (Å²) in [6, 6.07) is 8.04. The lowest BCUT2D eigenvalue weighted by molar-refractivity contribution is -0.137. The van der Waals surface area contributed by atoms with Crippen LogP contribution < -0.4 is 10.6 Å². The van der Waals surface area contributed by atoms with Crippen LogP contribution in [0.5, 0.6) is 0 Å². The highest BCUT2D eigenvalue weighted by molar-refractivity contribution is 5.87. The van der Waals surface area contributed by atoms with Gasteiger partial charge in [-0.2, -0.15) is 0 Å². The summed E-state index contributed by atoms with van der Waals surface area (Å²) >= 11 is 0. The summed E-state index contributed by atoms with van der Waals surface area (Å²) in [5.74, 6) is -1.90. The minimum Gasteiger partial charge on any atom is -0.480 e. The minimum atomic E-state index is -1.11. The Morgan fingerprint density at radius 3 is 2.52 bits per heavy atom. The third-order valence-corrected chi connectivity index (χ3v) is 3.58. The van der Waals surface area contributed by atoms with Crippen LogP contribution in [-0.2, 0) is 27.2 Å². The van der Waals surface area contributed by atoms with Gasteiger partial charge in [0.15, 0.2) is 0 Å². The first kappa shape index (κ1) is 15.0. The van der Waals surface area contributed by atoms with Crippen LogP contribution in [0.15, 0.2) is 24.3 Å². The second-order valence-electron chi connectivity index (χ2n) is 5.10. The van der Waals surface area contributed by atoms with Crippen LogP contribution in [0.2, 0.25) is 0 Å². The molecule has 0 radical (unpaired) electrons. The second-order valence-corrected chi connectivity index (χ2v) is 5.10. The molecule has 1 aromatic carbocycles. The maximum absolute atomic E-state index is 12.0. The number of hydrogen-bond acceptors (Lipinski definition) is 3. The Labute approximate surface area is 122 Å². The van der Waals surface area contributed by atoms with Gasteiger partial charge in [0.05, 0.1) is 6.54 Å². The van der Waals surface area contributed by atoms with Crippen molar-refractivity contribution in [2.45, 2.75) is 19.3 Å². The Morgan fingerprint density at radius 2 is 1.81 bits per heavy atom. The summed E-state index contributed by atoms with van der Waals surface area (Å²) in [5.41, 5.74) is 2.46. The van der Waals surface area contributed by atoms with Gasteiger partial charge in [-0.05, 0) is 30.4 Å². The van der Waals surface area contributed by atoms with Crippen molar-refractivity contribution in [1.82, 2.24) is 10.6 Å². The van der Waals surface area contributed by atoms with E-state index in [1.807, 2.05) is 18.2 Å². The number of carboxylic acid groups (broad SMARTS) is 1. The molecule has 6 nitrogen and oxygen atoms in total. The van der Waals surface area contributed by atoms with Gasteiger partial charge in [0.25, 0.3) is 0 Å². The van der Waals surface area contributed by atoms with E-state index in [2.05, 4.69) is 16.7 Å². The van der Waals surface area contributed by atoms with E-state index in [1.54, 1.807) is 0 Å². The molecule has 3 N–H and O–H groups in total. The lowest BCUT2D eigenvalue weighted by Crippen LogP contribution is -2.42. The fourth-order valence-corrected chi connectivity index (χ4v) is 2.47. The Bertz CT molecular complexity index is 556. The minimum absolute atomic E-state index is 0.132. The number of carbonyl (C=O) groups is 3. The van der Waals surface area contributed by atoms with Gasteiger partial charge in [0.2, 0.25) is 11.8 Å². The zero-order valence-electron chi connectivity index (χ0n) is 11.6. The zero-order valence-corrected chi connectivity index (χ0v) is 11.6. The Morgan fingerprint density at radius 1 is 1.10 bits per heavy atom. The van der Waals surface area contributed by atoms with Crippen molar-refractivity contribution in [1.29, 1.82) is 0 Å². The summed E-state index contributed by atoms with van der Waals surface area (Å²) in [7, 11) is 0. The number of amides is 2. The SMILES string of the molecule is O=C(O)CNC(=O)CNC(=O)C1CCc2ccccc2C1. The van der Waals surface area contributed by atoms with Crippen molar-refractivity contribution in [2.24, 2.45) is 5.92 Å². The quantitative estimate of drug-likeness (QED) is 0.717. The van der Waals surface area contributed by atoms with E-state index in [-0.39, 0.29) is 18.4 Å². The number of carboxylic acids is 1. The number of rotatable bonds is 5. The van der Waals surface area contributed by atoms with Gasteiger partial charge < -0.3 is 15.7 Å². The summed E-state index contributed by atoms with van der Waals surface area (Å²) in [5, 5.41) is 13.2. The fourth-order valence-electron chi connectivity index (χ4n) is 2.47. The fraction of sp³-hybridized carbons (Fsp3) is 0.400. The average molecular weight is 290 g/mol. The Hall–Kier alpha value is -2.37. The normalized spacial score (nSPS) is 16.7. The smallest absolute Gasteiger partial charge is 0.322 e. The van der Waals surface area contributed by atoms with Crippen molar-refractivity contribution >= 4 is 17.8 Å². The Balaban J connectivity index is 1.80. The molecule has 2 amide bonds. The molecule has 1 unspecified atom stereocenters. The molecule has 0 saturated carbocycles. The molecule has 0 aliphatic heterocycles. The van der Waals surface area contributed by atoms with Gasteiger partial charge in [0, 0.05) is 5.92 Å². The number of aryl methyl sites for hydroxylation is 1. The largest absolute Gasteiger partial charge is 0.480 e. The summed E-state index contributed by atoms with van der Waals surface area (Å²) in [6.45, 7) is -0.629. The first-order valence-electron chi connectivity index (χ1n) is 6.89. The van der Waals surface area contributed by atoms with Crippen LogP contribution in [-0.4, -0.2) is 36.0 Å². The summed E-state index contributed by atoms with van der Waals surface area (Å²) < 4.78 is 0. The summed E-state index contributed by atoms with van der Waals surface area (Å²) in [6.07, 6.45) is 2.30. The van der Waals surface area contributed by atoms with E-state index in [0.29, 0.717) is 6.42 Å². The van der Waals surface area contributed by atoms with Crippen LogP contribution in [0, 0.1) is 5.92 Å². The topological polar surface area (TPSA) is 95.5 Å². The predicted molar refractivity (Wildman–Crippen MR) is 75.6 cm³/mol. The lowest BCUT2D eigenvalue weighted by Gasteiger charge is -2.23. The number of nitrogens with one attached hydrogen (secondary N) is 2. The molecule has 112 valence electrons. The van der Waals surface area contributed by atoms with E-state index >= 15 is 0 Å². The van der Waals surface area contributed by atoms with E-state index in [0.717, 1.165) is 12.8 Å². The standard InChI is InChI=1S/C15H18N2O4/c18-13(16-9-14(19)20)8-17-15(21)12-6-5-10-3-1-2-4-11(10)7-12/h1-4,12H,5-9H2,(H,16,18)(H,17,21)(H,19,20). The van der Waals surface area contributed by atoms with Gasteiger partial charge in [-0.25, -0.2) is 0 Å². The van der Waals surface area contributed by atoms with Gasteiger partial charge in [-0.1, -0.05) is 24.3 Å². The van der Waals surface area contributed by atoms with E-state index in [1.165, 1.54) is 11.1 Å². The maximum Gasteiger partial charge on any atom is 0.322 e. The first-order valence-corrected chi connectivity index (χ1v) is 6.89. The van der Waals surface area contributed by atoms with Crippen molar-refractivity contribution in [2.75, 3.05) is 13.1 Å². The van der Waals surface area contributed by atoms with Crippen LogP contribution >= 0.6 is 0 Å². The highest BCUT2D eigenvalue weighted by Gasteiger charge is 2.24. The molecular weight excluding hydrogens is 272 g/mol. The molecule has 0 fully saturated rings. The van der Waals surface area contributed by atoms with Crippen LogP contribution in [0.4, 0.5) is 0 Å². The number of fused-ring (bicyclic) bond motifs is 1. The van der Waals surface area contributed by atoms with Crippen molar-refractivity contribution in [3.63, 3.8) is 0 Å². The van der Waals surface area contributed by atoms with Crippen LogP contribution in [0.1, 0.15) is 17.5 Å². The lowest BCUT2D eigenvalue weighted by atomic mass is 9.83. The zero-order chi connectivity index (χ0) is 15.2. The Kier molecular flexibility index (Phi) is 4.92. The molecule has 0 aromatic heterocycles. The molecule has 1 aliphatic rings. The number of benzene rings is 1. The molecule has 0 heterocycles. The molecule has 1 aliphatic carbocycles. The van der Waals surface area contributed by atoms with Gasteiger partial charge in [0.1, 0.15) is 6.54 Å². The second kappa shape index (κ2) is 6.88. The van der Waals surface area contributed by atoms with Crippen molar-refractivity contribution in [3.05, 3.63) is 35.4 Å². The predicted octanol–water partition coefficient (Wildman–Crippen LogP) is 0.108. The highest BCUT2D eigenvalue weighted by atomic mass is 16.4. The van der Waals surface area contributed by atoms with Crippen LogP contribution in [0.25, 0.3) is 0 Å². The third kappa shape index (κ3) is 4.30. The number of carbonyl (C=O) groups excluding carboxylic acids is 2. The molecule has 2 rings (SSSR count). The molecule has 1 aromatic rings. The van der Waals surface area contributed by atoms with Gasteiger partial charge >= 0.3 is 5.97 Å². The van der Waals surface area contributed by atoms with E-state index in [4.69, 9.17) is 5.11 Å². The molecule has 0 saturated heterocycles. The van der Waals surface area contributed by atoms with E-state index in [9.17, 15) is 14.4 Å². The molecule has 0 spiro atoms. The number of aliphatic carboxylic acids is 1. The van der Waals surface area contributed by atoms with Gasteiger partial charge in [-0.15, -0.1) is 0 Å². The maximum atomic E-state index is 12.0. The molecule has 1 atom stereocenters. The van der Waals surface area contributed by atoms with Crippen molar-refractivity contribution in [3.8, 4) is 0 Å². The molecule has 6 heteroatoms. The first-order chi connectivity index (χ1) is 10.1. The number of hydrogen-bond donors (Lipinski definition) is 3. The molecule has 0 bridgehead atoms. The molecule has 21 heavy (non-hydrogen) atoms. The monoisotopic (exact) mass is 290 g/mol. The highest BCUT2D eigenvalue weighted by Crippen LogP contribution is 2.25. The summed E-state index contributed by atoms with van der Waals surface area (Å²) in [4.78, 5) is 33.7. The molecular formula is C15H18N2O4. The van der Waals surface area contributed by atoms with Crippen LogP contribution in [0.3, 0.4) is 0 Å².